The number of hydrogen-bond donors (Lipinski definition) is 1. The van der Waals surface area contributed by atoms with Crippen molar-refractivity contribution in [2.45, 2.75) is 110 Å². The molecule has 0 bridgehead atoms. The predicted octanol–water partition coefficient (Wildman–Crippen LogP) is 6.15. The number of rotatable bonds is 18. The molecule has 5 heteroatoms. The quantitative estimate of drug-likeness (QED) is 0.250. The van der Waals surface area contributed by atoms with E-state index in [4.69, 9.17) is 4.84 Å². The molecule has 0 amide bonds. The van der Waals surface area contributed by atoms with E-state index in [0.29, 0.717) is 6.42 Å². The van der Waals surface area contributed by atoms with Gasteiger partial charge in [-0.15, -0.1) is 0 Å². The van der Waals surface area contributed by atoms with Gasteiger partial charge in [0.05, 0.1) is 0 Å². The van der Waals surface area contributed by atoms with Gasteiger partial charge >= 0.3 is 5.97 Å². The molecule has 0 fully saturated rings. The molecule has 0 aliphatic rings. The van der Waals surface area contributed by atoms with Crippen LogP contribution in [0.3, 0.4) is 0 Å². The number of aromatic nitrogens is 2. The third kappa shape index (κ3) is 13.7. The number of nitrogens with one attached hydrogen (secondary N) is 1. The van der Waals surface area contributed by atoms with Gasteiger partial charge in [-0.2, -0.15) is 5.59 Å². The SMILES string of the molecule is CCCCCCCCCCCCCCCCCC(=O)ONn1ccnc1. The van der Waals surface area contributed by atoms with Crippen LogP contribution in [0.1, 0.15) is 110 Å². The Bertz CT molecular complexity index is 421. The largest absolute Gasteiger partial charge is 0.334 e. The van der Waals surface area contributed by atoms with Gasteiger partial charge in [-0.3, -0.25) is 0 Å². The molecule has 26 heavy (non-hydrogen) atoms. The molecule has 1 aromatic heterocycles. The maximum absolute atomic E-state index is 11.6. The predicted molar refractivity (Wildman–Crippen MR) is 107 cm³/mol. The van der Waals surface area contributed by atoms with E-state index in [1.165, 1.54) is 88.1 Å². The summed E-state index contributed by atoms with van der Waals surface area (Å²) in [6.45, 7) is 2.27. The highest BCUT2D eigenvalue weighted by molar-refractivity contribution is 5.69. The van der Waals surface area contributed by atoms with Crippen molar-refractivity contribution in [2.75, 3.05) is 5.59 Å². The lowest BCUT2D eigenvalue weighted by Crippen LogP contribution is -2.18. The molecular formula is C21H39N3O2. The molecule has 1 N–H and O–H groups in total. The van der Waals surface area contributed by atoms with E-state index >= 15 is 0 Å². The second-order valence-corrected chi connectivity index (χ2v) is 7.24. The summed E-state index contributed by atoms with van der Waals surface area (Å²) in [5.41, 5.74) is 2.53. The van der Waals surface area contributed by atoms with Crippen LogP contribution in [0, 0.1) is 0 Å². The van der Waals surface area contributed by atoms with E-state index < -0.39 is 0 Å². The highest BCUT2D eigenvalue weighted by Crippen LogP contribution is 2.13. The first-order valence-corrected chi connectivity index (χ1v) is 10.8. The number of hydrogen-bond acceptors (Lipinski definition) is 4. The zero-order valence-corrected chi connectivity index (χ0v) is 16.8. The number of carbonyl (C=O) groups is 1. The minimum absolute atomic E-state index is 0.214. The molecule has 1 aromatic rings. The summed E-state index contributed by atoms with van der Waals surface area (Å²) in [6.07, 6.45) is 25.2. The Kier molecular flexibility index (Phi) is 14.7. The Morgan fingerprint density at radius 1 is 0.846 bits per heavy atom. The van der Waals surface area contributed by atoms with Crippen molar-refractivity contribution in [3.63, 3.8) is 0 Å². The minimum Gasteiger partial charge on any atom is -0.328 e. The smallest absolute Gasteiger partial charge is 0.328 e. The van der Waals surface area contributed by atoms with Gasteiger partial charge in [-0.1, -0.05) is 96.8 Å². The topological polar surface area (TPSA) is 56.1 Å². The number of imidazole rings is 1. The van der Waals surface area contributed by atoms with Crippen LogP contribution in [0.15, 0.2) is 18.7 Å². The first kappa shape index (κ1) is 22.5. The third-order valence-corrected chi connectivity index (χ3v) is 4.75. The van der Waals surface area contributed by atoms with E-state index in [2.05, 4.69) is 17.5 Å². The summed E-state index contributed by atoms with van der Waals surface area (Å²) < 4.78 is 1.50. The van der Waals surface area contributed by atoms with Crippen LogP contribution >= 0.6 is 0 Å². The van der Waals surface area contributed by atoms with Crippen LogP contribution in [0.2, 0.25) is 0 Å². The van der Waals surface area contributed by atoms with E-state index in [-0.39, 0.29) is 5.97 Å². The molecule has 0 aliphatic heterocycles. The molecule has 0 aliphatic carbocycles. The molecule has 0 spiro atoms. The summed E-state index contributed by atoms with van der Waals surface area (Å²) >= 11 is 0. The Hall–Kier alpha value is -1.52. The molecular weight excluding hydrogens is 326 g/mol. The Labute approximate surface area is 159 Å². The molecule has 1 heterocycles. The summed E-state index contributed by atoms with van der Waals surface area (Å²) in [7, 11) is 0. The van der Waals surface area contributed by atoms with Gasteiger partial charge in [0, 0.05) is 18.8 Å². The average molecular weight is 366 g/mol. The van der Waals surface area contributed by atoms with Crippen LogP contribution in [0.4, 0.5) is 0 Å². The zero-order chi connectivity index (χ0) is 18.7. The van der Waals surface area contributed by atoms with Crippen molar-refractivity contribution in [3.05, 3.63) is 18.7 Å². The molecule has 150 valence electrons. The lowest BCUT2D eigenvalue weighted by Gasteiger charge is -2.06. The van der Waals surface area contributed by atoms with Crippen LogP contribution in [-0.2, 0) is 9.63 Å². The molecule has 0 atom stereocenters. The Morgan fingerprint density at radius 3 is 1.81 bits per heavy atom. The molecule has 0 unspecified atom stereocenters. The fourth-order valence-corrected chi connectivity index (χ4v) is 3.11. The minimum atomic E-state index is -0.214. The van der Waals surface area contributed by atoms with Crippen molar-refractivity contribution in [1.82, 2.24) is 9.66 Å². The standard InChI is InChI=1S/C21H39N3O2/c1-2-3-4-5-6-7-8-9-10-11-12-13-14-15-16-17-21(25)26-23-24-19-18-22-20-24/h18-20,23H,2-17H2,1H3. The molecule has 0 saturated carbocycles. The van der Waals surface area contributed by atoms with Gasteiger partial charge in [0.2, 0.25) is 0 Å². The normalized spacial score (nSPS) is 10.8. The molecule has 0 radical (unpaired) electrons. The van der Waals surface area contributed by atoms with Gasteiger partial charge in [0.1, 0.15) is 6.33 Å². The van der Waals surface area contributed by atoms with Crippen molar-refractivity contribution in [2.24, 2.45) is 0 Å². The first-order valence-electron chi connectivity index (χ1n) is 10.8. The third-order valence-electron chi connectivity index (χ3n) is 4.75. The van der Waals surface area contributed by atoms with Crippen molar-refractivity contribution in [3.8, 4) is 0 Å². The van der Waals surface area contributed by atoms with Crippen LogP contribution in [0.25, 0.3) is 0 Å². The number of unbranched alkanes of at least 4 members (excludes halogenated alkanes) is 14. The summed E-state index contributed by atoms with van der Waals surface area (Å²) in [5.74, 6) is -0.214. The van der Waals surface area contributed by atoms with Crippen LogP contribution in [-0.4, -0.2) is 15.6 Å². The van der Waals surface area contributed by atoms with Gasteiger partial charge in [-0.05, 0) is 6.42 Å². The van der Waals surface area contributed by atoms with Crippen LogP contribution < -0.4 is 5.59 Å². The van der Waals surface area contributed by atoms with E-state index in [9.17, 15) is 4.79 Å². The fraction of sp³-hybridized carbons (Fsp3) is 0.810. The van der Waals surface area contributed by atoms with Gasteiger partial charge < -0.3 is 4.84 Å². The highest BCUT2D eigenvalue weighted by Gasteiger charge is 2.03. The fourth-order valence-electron chi connectivity index (χ4n) is 3.11. The maximum atomic E-state index is 11.6. The molecule has 5 nitrogen and oxygen atoms in total. The maximum Gasteiger partial charge on any atom is 0.334 e. The van der Waals surface area contributed by atoms with Crippen molar-refractivity contribution >= 4 is 5.97 Å². The second-order valence-electron chi connectivity index (χ2n) is 7.24. The van der Waals surface area contributed by atoms with Gasteiger partial charge in [-0.25, -0.2) is 14.5 Å². The summed E-state index contributed by atoms with van der Waals surface area (Å²) in [6, 6.07) is 0. The molecule has 1 rings (SSSR count). The number of nitrogens with zero attached hydrogens (tertiary/aromatic N) is 2. The van der Waals surface area contributed by atoms with E-state index in [0.717, 1.165) is 12.8 Å². The average Bonchev–Trinajstić information content (AvgIpc) is 3.17. The Balaban J connectivity index is 1.73. The lowest BCUT2D eigenvalue weighted by atomic mass is 10.0. The first-order chi connectivity index (χ1) is 12.8. The Morgan fingerprint density at radius 2 is 1.35 bits per heavy atom. The van der Waals surface area contributed by atoms with E-state index in [1.54, 1.807) is 18.7 Å². The lowest BCUT2D eigenvalue weighted by molar-refractivity contribution is -0.142. The van der Waals surface area contributed by atoms with Crippen molar-refractivity contribution < 1.29 is 9.63 Å². The van der Waals surface area contributed by atoms with Crippen molar-refractivity contribution in [1.29, 1.82) is 0 Å². The second kappa shape index (κ2) is 16.9. The van der Waals surface area contributed by atoms with E-state index in [1.807, 2.05) is 0 Å². The zero-order valence-electron chi connectivity index (χ0n) is 16.8. The summed E-state index contributed by atoms with van der Waals surface area (Å²) in [4.78, 5) is 20.3. The van der Waals surface area contributed by atoms with Gasteiger partial charge in [0.25, 0.3) is 0 Å². The van der Waals surface area contributed by atoms with Gasteiger partial charge in [0.15, 0.2) is 0 Å². The number of carbonyl (C=O) groups excluding carboxylic acids is 1. The molecule has 0 saturated heterocycles. The molecule has 0 aromatic carbocycles. The summed E-state index contributed by atoms with van der Waals surface area (Å²) in [5, 5.41) is 0. The highest BCUT2D eigenvalue weighted by atomic mass is 16.7. The van der Waals surface area contributed by atoms with Crippen LogP contribution in [0.5, 0.6) is 0 Å². The monoisotopic (exact) mass is 365 g/mol.